The van der Waals surface area contributed by atoms with Crippen molar-refractivity contribution in [3.05, 3.63) is 0 Å². The SMILES string of the molecule is NCCCCCCCCCCCCCCCCCCCCCCCCCCCCCCCNC(=S)S. The van der Waals surface area contributed by atoms with Crippen LogP contribution in [0.2, 0.25) is 0 Å². The summed E-state index contributed by atoms with van der Waals surface area (Å²) in [6.07, 6.45) is 41.4. The van der Waals surface area contributed by atoms with Crippen molar-refractivity contribution in [3.8, 4) is 0 Å². The third kappa shape index (κ3) is 34.2. The molecule has 0 bridgehead atoms. The number of thiol groups is 1. The molecule has 4 heteroatoms. The molecule has 0 atom stereocenters. The van der Waals surface area contributed by atoms with Crippen LogP contribution in [-0.2, 0) is 0 Å². The number of rotatable bonds is 31. The van der Waals surface area contributed by atoms with Crippen LogP contribution in [0.4, 0.5) is 0 Å². The lowest BCUT2D eigenvalue weighted by molar-refractivity contribution is 0.513. The van der Waals surface area contributed by atoms with Crippen molar-refractivity contribution in [2.75, 3.05) is 13.1 Å². The molecule has 0 amide bonds. The maximum Gasteiger partial charge on any atom is 0.130 e. The van der Waals surface area contributed by atoms with Gasteiger partial charge in [0.1, 0.15) is 4.32 Å². The summed E-state index contributed by atoms with van der Waals surface area (Å²) in [6, 6.07) is 0. The Morgan fingerprint density at radius 2 is 0.583 bits per heavy atom. The van der Waals surface area contributed by atoms with E-state index in [-0.39, 0.29) is 0 Å². The molecule has 0 heterocycles. The van der Waals surface area contributed by atoms with Crippen LogP contribution in [-0.4, -0.2) is 17.4 Å². The zero-order chi connectivity index (χ0) is 26.2. The van der Waals surface area contributed by atoms with Crippen molar-refractivity contribution in [1.29, 1.82) is 0 Å². The Balaban J connectivity index is 3.02. The van der Waals surface area contributed by atoms with Crippen molar-refractivity contribution < 1.29 is 0 Å². The van der Waals surface area contributed by atoms with Gasteiger partial charge in [0.15, 0.2) is 0 Å². The number of unbranched alkanes of at least 4 members (excludes halogenated alkanes) is 28. The molecule has 0 aromatic heterocycles. The van der Waals surface area contributed by atoms with E-state index in [0.717, 1.165) is 13.1 Å². The van der Waals surface area contributed by atoms with E-state index in [1.165, 1.54) is 186 Å². The highest BCUT2D eigenvalue weighted by atomic mass is 32.1. The van der Waals surface area contributed by atoms with Crippen LogP contribution in [0.15, 0.2) is 0 Å². The summed E-state index contributed by atoms with van der Waals surface area (Å²) in [5, 5.41) is 3.11. The second-order valence-corrected chi connectivity index (χ2v) is 12.4. The largest absolute Gasteiger partial charge is 0.371 e. The molecular weight excluding hydrogens is 477 g/mol. The second kappa shape index (κ2) is 33.2. The van der Waals surface area contributed by atoms with Gasteiger partial charge in [0.05, 0.1) is 0 Å². The van der Waals surface area contributed by atoms with E-state index in [1.54, 1.807) is 0 Å². The van der Waals surface area contributed by atoms with E-state index in [2.05, 4.69) is 17.9 Å². The van der Waals surface area contributed by atoms with Gasteiger partial charge in [0.2, 0.25) is 0 Å². The van der Waals surface area contributed by atoms with Crippen LogP contribution in [0.1, 0.15) is 186 Å². The summed E-state index contributed by atoms with van der Waals surface area (Å²) in [5.41, 5.74) is 5.54. The Morgan fingerprint density at radius 3 is 0.778 bits per heavy atom. The molecule has 0 aromatic rings. The molecule has 0 aliphatic heterocycles. The summed E-state index contributed by atoms with van der Waals surface area (Å²) in [7, 11) is 0. The molecule has 0 aliphatic carbocycles. The molecule has 0 rings (SSSR count). The monoisotopic (exact) mass is 542 g/mol. The molecular formula is C32H66N2S2. The lowest BCUT2D eigenvalue weighted by atomic mass is 10.0. The average Bonchev–Trinajstić information content (AvgIpc) is 2.87. The standard InChI is InChI=1S/C32H66N2S2/c33-30-28-26-24-22-20-18-16-14-12-10-8-6-4-2-1-3-5-7-9-11-13-15-17-19-21-23-25-27-29-31-34-32(35)36/h1-31,33H2,(H2,34,35,36). The number of hydrogen-bond donors (Lipinski definition) is 3. The topological polar surface area (TPSA) is 38.0 Å². The van der Waals surface area contributed by atoms with Crippen molar-refractivity contribution in [2.24, 2.45) is 5.73 Å². The first-order valence-corrected chi connectivity index (χ1v) is 17.3. The molecule has 2 nitrogen and oxygen atoms in total. The fourth-order valence-corrected chi connectivity index (χ4v) is 5.45. The Hall–Kier alpha value is 0.200. The molecule has 0 saturated carbocycles. The second-order valence-electron chi connectivity index (χ2n) is 11.3. The van der Waals surface area contributed by atoms with Crippen molar-refractivity contribution in [2.45, 2.75) is 186 Å². The normalized spacial score (nSPS) is 11.3. The van der Waals surface area contributed by atoms with Gasteiger partial charge < -0.3 is 11.1 Å². The van der Waals surface area contributed by atoms with Gasteiger partial charge in [-0.3, -0.25) is 0 Å². The van der Waals surface area contributed by atoms with Crippen LogP contribution >= 0.6 is 24.8 Å². The van der Waals surface area contributed by atoms with Gasteiger partial charge in [-0.05, 0) is 19.4 Å². The van der Waals surface area contributed by atoms with Crippen molar-refractivity contribution in [1.82, 2.24) is 5.32 Å². The van der Waals surface area contributed by atoms with Crippen molar-refractivity contribution in [3.63, 3.8) is 0 Å². The third-order valence-corrected chi connectivity index (χ3v) is 7.96. The molecule has 3 N–H and O–H groups in total. The van der Waals surface area contributed by atoms with E-state index in [9.17, 15) is 0 Å². The van der Waals surface area contributed by atoms with Gasteiger partial charge in [-0.25, -0.2) is 0 Å². The first kappa shape index (κ1) is 36.2. The summed E-state index contributed by atoms with van der Waals surface area (Å²) < 4.78 is 0.628. The average molecular weight is 543 g/mol. The van der Waals surface area contributed by atoms with Gasteiger partial charge in [-0.1, -0.05) is 186 Å². The Morgan fingerprint density at radius 1 is 0.389 bits per heavy atom. The maximum absolute atomic E-state index is 5.54. The number of nitrogens with two attached hydrogens (primary N) is 1. The Bertz CT molecular complexity index is 417. The van der Waals surface area contributed by atoms with Crippen LogP contribution in [0.5, 0.6) is 0 Å². The molecule has 0 saturated heterocycles. The van der Waals surface area contributed by atoms with Crippen LogP contribution in [0, 0.1) is 0 Å². The minimum atomic E-state index is 0.628. The molecule has 36 heavy (non-hydrogen) atoms. The zero-order valence-electron chi connectivity index (χ0n) is 24.4. The fourth-order valence-electron chi connectivity index (χ4n) is 5.24. The minimum Gasteiger partial charge on any atom is -0.371 e. The first-order valence-electron chi connectivity index (χ1n) is 16.4. The number of hydrogen-bond acceptors (Lipinski definition) is 2. The lowest BCUT2D eigenvalue weighted by Gasteiger charge is -2.05. The summed E-state index contributed by atoms with van der Waals surface area (Å²) >= 11 is 8.98. The zero-order valence-corrected chi connectivity index (χ0v) is 26.1. The molecule has 216 valence electrons. The van der Waals surface area contributed by atoms with Gasteiger partial charge in [0.25, 0.3) is 0 Å². The molecule has 0 unspecified atom stereocenters. The highest BCUT2D eigenvalue weighted by Gasteiger charge is 1.97. The van der Waals surface area contributed by atoms with Crippen LogP contribution in [0.25, 0.3) is 0 Å². The predicted octanol–water partition coefficient (Wildman–Crippen LogP) is 11.1. The van der Waals surface area contributed by atoms with Gasteiger partial charge in [-0.15, -0.1) is 12.6 Å². The van der Waals surface area contributed by atoms with E-state index in [0.29, 0.717) is 4.32 Å². The number of nitrogens with one attached hydrogen (secondary N) is 1. The van der Waals surface area contributed by atoms with Gasteiger partial charge >= 0.3 is 0 Å². The Labute approximate surface area is 238 Å². The summed E-state index contributed by atoms with van der Waals surface area (Å²) in [6.45, 7) is 1.86. The summed E-state index contributed by atoms with van der Waals surface area (Å²) in [5.74, 6) is 0. The molecule has 0 aliphatic rings. The summed E-state index contributed by atoms with van der Waals surface area (Å²) in [4.78, 5) is 0. The van der Waals surface area contributed by atoms with Crippen LogP contribution in [0.3, 0.4) is 0 Å². The maximum atomic E-state index is 5.54. The Kier molecular flexibility index (Phi) is 33.4. The predicted molar refractivity (Wildman–Crippen MR) is 173 cm³/mol. The highest BCUT2D eigenvalue weighted by Crippen LogP contribution is 2.16. The van der Waals surface area contributed by atoms with Gasteiger partial charge in [0, 0.05) is 6.54 Å². The minimum absolute atomic E-state index is 0.628. The highest BCUT2D eigenvalue weighted by molar-refractivity contribution is 8.11. The molecule has 0 spiro atoms. The lowest BCUT2D eigenvalue weighted by Crippen LogP contribution is -2.17. The molecule has 0 fully saturated rings. The van der Waals surface area contributed by atoms with E-state index in [4.69, 9.17) is 18.0 Å². The molecule has 0 aromatic carbocycles. The van der Waals surface area contributed by atoms with Crippen molar-refractivity contribution >= 4 is 29.2 Å². The van der Waals surface area contributed by atoms with E-state index >= 15 is 0 Å². The molecule has 0 radical (unpaired) electrons. The third-order valence-electron chi connectivity index (χ3n) is 7.66. The van der Waals surface area contributed by atoms with E-state index < -0.39 is 0 Å². The van der Waals surface area contributed by atoms with E-state index in [1.807, 2.05) is 0 Å². The van der Waals surface area contributed by atoms with Crippen LogP contribution < -0.4 is 11.1 Å². The van der Waals surface area contributed by atoms with Gasteiger partial charge in [-0.2, -0.15) is 0 Å². The quantitative estimate of drug-likeness (QED) is 0.0463. The number of thiocarbonyl (C=S) groups is 1. The fraction of sp³-hybridized carbons (Fsp3) is 0.969. The smallest absolute Gasteiger partial charge is 0.130 e. The first-order chi connectivity index (χ1) is 17.8.